The molecule has 1 saturated heterocycles. The first kappa shape index (κ1) is 10.0. The fourth-order valence-electron chi connectivity index (χ4n) is 2.08. The highest BCUT2D eigenvalue weighted by Gasteiger charge is 2.30. The summed E-state index contributed by atoms with van der Waals surface area (Å²) < 4.78 is 0. The molecule has 0 radical (unpaired) electrons. The van der Waals surface area contributed by atoms with Crippen molar-refractivity contribution in [3.63, 3.8) is 0 Å². The van der Waals surface area contributed by atoms with Gasteiger partial charge in [-0.25, -0.2) is 0 Å². The van der Waals surface area contributed by atoms with Gasteiger partial charge in [-0.3, -0.25) is 4.90 Å². The van der Waals surface area contributed by atoms with Crippen LogP contribution in [0.1, 0.15) is 47.0 Å². The standard InChI is InChI=1S/C11H23N/c1-5-9(2)6-7-12-10(3)8-11(12)4/h9-11H,5-8H2,1-4H3. The van der Waals surface area contributed by atoms with E-state index in [0.717, 1.165) is 18.0 Å². The van der Waals surface area contributed by atoms with Crippen LogP contribution in [0, 0.1) is 5.92 Å². The van der Waals surface area contributed by atoms with Gasteiger partial charge in [-0.1, -0.05) is 20.3 Å². The molecule has 3 unspecified atom stereocenters. The minimum absolute atomic E-state index is 0.851. The van der Waals surface area contributed by atoms with Gasteiger partial charge >= 0.3 is 0 Å². The minimum atomic E-state index is 0.851. The van der Waals surface area contributed by atoms with Crippen molar-refractivity contribution >= 4 is 0 Å². The van der Waals surface area contributed by atoms with Crippen LogP contribution in [0.2, 0.25) is 0 Å². The molecule has 0 spiro atoms. The van der Waals surface area contributed by atoms with Crippen LogP contribution < -0.4 is 0 Å². The number of likely N-dealkylation sites (tertiary alicyclic amines) is 1. The normalized spacial score (nSPS) is 33.0. The predicted molar refractivity (Wildman–Crippen MR) is 54.3 cm³/mol. The van der Waals surface area contributed by atoms with Gasteiger partial charge in [-0.15, -0.1) is 0 Å². The van der Waals surface area contributed by atoms with Crippen molar-refractivity contribution in [1.82, 2.24) is 4.90 Å². The van der Waals surface area contributed by atoms with Crippen molar-refractivity contribution in [2.75, 3.05) is 6.54 Å². The van der Waals surface area contributed by atoms with Gasteiger partial charge in [0.15, 0.2) is 0 Å². The average molecular weight is 169 g/mol. The molecule has 0 aliphatic carbocycles. The molecule has 1 nitrogen and oxygen atoms in total. The van der Waals surface area contributed by atoms with Crippen LogP contribution in [0.5, 0.6) is 0 Å². The molecule has 0 aromatic heterocycles. The molecule has 0 amide bonds. The van der Waals surface area contributed by atoms with E-state index in [9.17, 15) is 0 Å². The van der Waals surface area contributed by atoms with Gasteiger partial charge in [-0.2, -0.15) is 0 Å². The molecular weight excluding hydrogens is 146 g/mol. The third kappa shape index (κ3) is 2.22. The van der Waals surface area contributed by atoms with Gasteiger partial charge in [0, 0.05) is 12.1 Å². The smallest absolute Gasteiger partial charge is 0.00845 e. The maximum absolute atomic E-state index is 2.63. The van der Waals surface area contributed by atoms with Crippen molar-refractivity contribution < 1.29 is 0 Å². The lowest BCUT2D eigenvalue weighted by Crippen LogP contribution is -2.53. The third-order valence-electron chi connectivity index (χ3n) is 3.39. The second-order valence-corrected chi connectivity index (χ2v) is 4.47. The Balaban J connectivity index is 2.14. The summed E-state index contributed by atoms with van der Waals surface area (Å²) in [7, 11) is 0. The van der Waals surface area contributed by atoms with E-state index in [-0.39, 0.29) is 0 Å². The Morgan fingerprint density at radius 1 is 1.33 bits per heavy atom. The second kappa shape index (κ2) is 4.27. The largest absolute Gasteiger partial charge is 0.298 e. The number of hydrogen-bond acceptors (Lipinski definition) is 1. The molecule has 0 aromatic rings. The summed E-state index contributed by atoms with van der Waals surface area (Å²) in [6, 6.07) is 1.70. The Hall–Kier alpha value is -0.0400. The summed E-state index contributed by atoms with van der Waals surface area (Å²) >= 11 is 0. The van der Waals surface area contributed by atoms with Crippen LogP contribution in [0.15, 0.2) is 0 Å². The molecule has 0 aromatic carbocycles. The summed E-state index contributed by atoms with van der Waals surface area (Å²) in [6.45, 7) is 10.6. The van der Waals surface area contributed by atoms with E-state index in [4.69, 9.17) is 0 Å². The molecule has 1 heteroatoms. The second-order valence-electron chi connectivity index (χ2n) is 4.47. The molecule has 1 aliphatic heterocycles. The van der Waals surface area contributed by atoms with E-state index in [0.29, 0.717) is 0 Å². The highest BCUT2D eigenvalue weighted by Crippen LogP contribution is 2.25. The van der Waals surface area contributed by atoms with Gasteiger partial charge in [0.05, 0.1) is 0 Å². The zero-order chi connectivity index (χ0) is 9.14. The Morgan fingerprint density at radius 2 is 1.92 bits per heavy atom. The SMILES string of the molecule is CCC(C)CCN1C(C)CC1C. The molecule has 1 heterocycles. The molecule has 72 valence electrons. The first-order valence-electron chi connectivity index (χ1n) is 5.40. The Labute approximate surface area is 77.1 Å². The first-order chi connectivity index (χ1) is 5.65. The van der Waals surface area contributed by atoms with E-state index >= 15 is 0 Å². The van der Waals surface area contributed by atoms with Crippen LogP contribution in [0.4, 0.5) is 0 Å². The first-order valence-corrected chi connectivity index (χ1v) is 5.40. The predicted octanol–water partition coefficient (Wildman–Crippen LogP) is 2.91. The summed E-state index contributed by atoms with van der Waals surface area (Å²) in [4.78, 5) is 2.63. The quantitative estimate of drug-likeness (QED) is 0.625. The van der Waals surface area contributed by atoms with E-state index in [1.54, 1.807) is 0 Å². The monoisotopic (exact) mass is 169 g/mol. The molecule has 0 saturated carbocycles. The van der Waals surface area contributed by atoms with E-state index in [2.05, 4.69) is 32.6 Å². The summed E-state index contributed by atoms with van der Waals surface area (Å²) in [5.41, 5.74) is 0. The average Bonchev–Trinajstić information content (AvgIpc) is 2.04. The fraction of sp³-hybridized carbons (Fsp3) is 1.00. The number of nitrogens with zero attached hydrogens (tertiary/aromatic N) is 1. The highest BCUT2D eigenvalue weighted by molar-refractivity contribution is 4.86. The minimum Gasteiger partial charge on any atom is -0.298 e. The highest BCUT2D eigenvalue weighted by atomic mass is 15.2. The van der Waals surface area contributed by atoms with E-state index in [1.807, 2.05) is 0 Å². The van der Waals surface area contributed by atoms with Crippen LogP contribution in [0.3, 0.4) is 0 Å². The van der Waals surface area contributed by atoms with Crippen LogP contribution >= 0.6 is 0 Å². The van der Waals surface area contributed by atoms with Gasteiger partial charge in [0.2, 0.25) is 0 Å². The topological polar surface area (TPSA) is 3.24 Å². The lowest BCUT2D eigenvalue weighted by Gasteiger charge is -2.46. The molecule has 1 aliphatic rings. The molecule has 0 bridgehead atoms. The van der Waals surface area contributed by atoms with Crippen molar-refractivity contribution in [1.29, 1.82) is 0 Å². The van der Waals surface area contributed by atoms with Gasteiger partial charge in [0.1, 0.15) is 0 Å². The Kier molecular flexibility index (Phi) is 3.57. The third-order valence-corrected chi connectivity index (χ3v) is 3.39. The van der Waals surface area contributed by atoms with Crippen molar-refractivity contribution in [2.24, 2.45) is 5.92 Å². The maximum atomic E-state index is 2.63. The Bertz CT molecular complexity index is 125. The lowest BCUT2D eigenvalue weighted by atomic mass is 9.94. The molecular formula is C11H23N. The van der Waals surface area contributed by atoms with Gasteiger partial charge in [-0.05, 0) is 39.2 Å². The van der Waals surface area contributed by atoms with Crippen LogP contribution in [-0.4, -0.2) is 23.5 Å². The Morgan fingerprint density at radius 3 is 2.33 bits per heavy atom. The van der Waals surface area contributed by atoms with Crippen molar-refractivity contribution in [3.05, 3.63) is 0 Å². The maximum Gasteiger partial charge on any atom is 0.00845 e. The summed E-state index contributed by atoms with van der Waals surface area (Å²) in [5.74, 6) is 0.907. The molecule has 3 atom stereocenters. The zero-order valence-corrected chi connectivity index (χ0v) is 9.01. The van der Waals surface area contributed by atoms with Gasteiger partial charge < -0.3 is 0 Å². The zero-order valence-electron chi connectivity index (χ0n) is 9.01. The lowest BCUT2D eigenvalue weighted by molar-refractivity contribution is 0.0330. The van der Waals surface area contributed by atoms with Crippen LogP contribution in [0.25, 0.3) is 0 Å². The molecule has 0 N–H and O–H groups in total. The molecule has 1 rings (SSSR count). The van der Waals surface area contributed by atoms with Crippen molar-refractivity contribution in [3.8, 4) is 0 Å². The van der Waals surface area contributed by atoms with Crippen molar-refractivity contribution in [2.45, 2.75) is 59.0 Å². The van der Waals surface area contributed by atoms with E-state index < -0.39 is 0 Å². The molecule has 12 heavy (non-hydrogen) atoms. The summed E-state index contributed by atoms with van der Waals surface area (Å²) in [6.07, 6.45) is 4.11. The fourth-order valence-corrected chi connectivity index (χ4v) is 2.08. The number of rotatable bonds is 4. The molecule has 1 fully saturated rings. The number of hydrogen-bond donors (Lipinski definition) is 0. The van der Waals surface area contributed by atoms with Crippen LogP contribution in [-0.2, 0) is 0 Å². The van der Waals surface area contributed by atoms with Gasteiger partial charge in [0.25, 0.3) is 0 Å². The van der Waals surface area contributed by atoms with E-state index in [1.165, 1.54) is 25.8 Å². The summed E-state index contributed by atoms with van der Waals surface area (Å²) in [5, 5.41) is 0.